The zero-order chi connectivity index (χ0) is 14.7. The number of carbonyl (C=O) groups excluding carboxylic acids is 1. The summed E-state index contributed by atoms with van der Waals surface area (Å²) in [5, 5.41) is 7.58. The highest BCUT2D eigenvalue weighted by molar-refractivity contribution is 6.30. The predicted molar refractivity (Wildman–Crippen MR) is 82.4 cm³/mol. The smallest absolute Gasteiger partial charge is 0.253 e. The maximum atomic E-state index is 12.5. The summed E-state index contributed by atoms with van der Waals surface area (Å²) < 4.78 is 0. The fourth-order valence-electron chi connectivity index (χ4n) is 2.93. The highest BCUT2D eigenvalue weighted by Gasteiger charge is 2.24. The van der Waals surface area contributed by atoms with Crippen LogP contribution in [0, 0.1) is 5.92 Å². The Balaban J connectivity index is 1.66. The summed E-state index contributed by atoms with van der Waals surface area (Å²) in [6, 6.07) is 9.17. The first kappa shape index (κ1) is 14.1. The molecule has 1 saturated heterocycles. The molecule has 1 aromatic heterocycles. The number of nitrogens with zero attached hydrogens (tertiary/aromatic N) is 2. The van der Waals surface area contributed by atoms with Crippen LogP contribution >= 0.6 is 11.6 Å². The third-order valence-corrected chi connectivity index (χ3v) is 4.18. The Bertz CT molecular complexity index is 612. The molecule has 0 saturated carbocycles. The molecule has 110 valence electrons. The number of H-pyrrole nitrogens is 1. The number of aromatic amines is 1. The largest absolute Gasteiger partial charge is 0.338 e. The van der Waals surface area contributed by atoms with Crippen LogP contribution in [0.15, 0.2) is 36.5 Å². The summed E-state index contributed by atoms with van der Waals surface area (Å²) in [7, 11) is 0. The van der Waals surface area contributed by atoms with E-state index < -0.39 is 0 Å². The number of hydrogen-bond donors (Lipinski definition) is 1. The number of halogens is 1. The summed E-state index contributed by atoms with van der Waals surface area (Å²) in [4.78, 5) is 14.5. The molecule has 1 aromatic carbocycles. The van der Waals surface area contributed by atoms with Gasteiger partial charge in [-0.15, -0.1) is 0 Å². The number of nitrogens with one attached hydrogen (secondary N) is 1. The van der Waals surface area contributed by atoms with Crippen molar-refractivity contribution in [3.8, 4) is 0 Å². The molecule has 5 heteroatoms. The van der Waals surface area contributed by atoms with Crippen molar-refractivity contribution in [2.45, 2.75) is 19.3 Å². The van der Waals surface area contributed by atoms with Crippen molar-refractivity contribution < 1.29 is 4.79 Å². The van der Waals surface area contributed by atoms with E-state index in [9.17, 15) is 4.79 Å². The van der Waals surface area contributed by atoms with Crippen LogP contribution in [0.5, 0.6) is 0 Å². The number of amides is 1. The van der Waals surface area contributed by atoms with Crippen molar-refractivity contribution >= 4 is 17.5 Å². The minimum absolute atomic E-state index is 0.0758. The Morgan fingerprint density at radius 3 is 3.10 bits per heavy atom. The van der Waals surface area contributed by atoms with Gasteiger partial charge in [-0.1, -0.05) is 17.7 Å². The molecule has 1 amide bonds. The number of rotatable bonds is 3. The minimum atomic E-state index is 0.0758. The molecule has 1 unspecified atom stereocenters. The molecule has 1 aliphatic heterocycles. The van der Waals surface area contributed by atoms with Crippen molar-refractivity contribution in [1.29, 1.82) is 0 Å². The summed E-state index contributed by atoms with van der Waals surface area (Å²) in [5.74, 6) is 0.564. The van der Waals surface area contributed by atoms with E-state index in [1.54, 1.807) is 18.3 Å². The highest BCUT2D eigenvalue weighted by Crippen LogP contribution is 2.22. The van der Waals surface area contributed by atoms with E-state index in [1.807, 2.05) is 23.1 Å². The number of aromatic nitrogens is 2. The van der Waals surface area contributed by atoms with Gasteiger partial charge in [0.2, 0.25) is 0 Å². The Hall–Kier alpha value is -1.81. The number of piperidine rings is 1. The second-order valence-electron chi connectivity index (χ2n) is 5.56. The summed E-state index contributed by atoms with van der Waals surface area (Å²) in [6.45, 7) is 1.62. The molecule has 1 N–H and O–H groups in total. The monoisotopic (exact) mass is 303 g/mol. The second-order valence-corrected chi connectivity index (χ2v) is 5.99. The fourth-order valence-corrected chi connectivity index (χ4v) is 3.12. The Morgan fingerprint density at radius 1 is 1.43 bits per heavy atom. The van der Waals surface area contributed by atoms with Gasteiger partial charge < -0.3 is 4.90 Å². The standard InChI is InChI=1S/C16H18ClN3O/c17-14-5-1-4-13(10-14)16(21)20-8-2-3-12(11-20)9-15-6-7-18-19-15/h1,4-7,10,12H,2-3,8-9,11H2,(H,18,19). The van der Waals surface area contributed by atoms with Crippen molar-refractivity contribution in [2.75, 3.05) is 13.1 Å². The Kier molecular flexibility index (Phi) is 4.25. The summed E-state index contributed by atoms with van der Waals surface area (Å²) in [5.41, 5.74) is 1.81. The van der Waals surface area contributed by atoms with Crippen molar-refractivity contribution in [3.05, 3.63) is 52.8 Å². The lowest BCUT2D eigenvalue weighted by molar-refractivity contribution is 0.0673. The van der Waals surface area contributed by atoms with Gasteiger partial charge in [0.15, 0.2) is 0 Å². The lowest BCUT2D eigenvalue weighted by Crippen LogP contribution is -2.40. The molecule has 0 spiro atoms. The summed E-state index contributed by atoms with van der Waals surface area (Å²) in [6.07, 6.45) is 4.91. The number of likely N-dealkylation sites (tertiary alicyclic amines) is 1. The zero-order valence-electron chi connectivity index (χ0n) is 11.8. The zero-order valence-corrected chi connectivity index (χ0v) is 12.5. The Morgan fingerprint density at radius 2 is 2.33 bits per heavy atom. The molecule has 0 bridgehead atoms. The van der Waals surface area contributed by atoms with Gasteiger partial charge in [0.1, 0.15) is 0 Å². The fraction of sp³-hybridized carbons (Fsp3) is 0.375. The molecule has 21 heavy (non-hydrogen) atoms. The quantitative estimate of drug-likeness (QED) is 0.947. The Labute approximate surface area is 129 Å². The average molecular weight is 304 g/mol. The molecule has 0 aliphatic carbocycles. The molecule has 0 radical (unpaired) electrons. The number of hydrogen-bond acceptors (Lipinski definition) is 2. The van der Waals surface area contributed by atoms with Gasteiger partial charge in [-0.05, 0) is 49.4 Å². The SMILES string of the molecule is O=C(c1cccc(Cl)c1)N1CCCC(Cc2ccn[nH]2)C1. The van der Waals surface area contributed by atoms with Crippen LogP contribution in [-0.4, -0.2) is 34.1 Å². The molecule has 1 aliphatic rings. The van der Waals surface area contributed by atoms with Gasteiger partial charge in [-0.3, -0.25) is 9.89 Å². The van der Waals surface area contributed by atoms with Crippen LogP contribution in [0.4, 0.5) is 0 Å². The maximum Gasteiger partial charge on any atom is 0.253 e. The van der Waals surface area contributed by atoms with Gasteiger partial charge in [-0.25, -0.2) is 0 Å². The average Bonchev–Trinajstić information content (AvgIpc) is 3.00. The lowest BCUT2D eigenvalue weighted by Gasteiger charge is -2.32. The van der Waals surface area contributed by atoms with Crippen molar-refractivity contribution in [2.24, 2.45) is 5.92 Å². The lowest BCUT2D eigenvalue weighted by atomic mass is 9.93. The van der Waals surface area contributed by atoms with Gasteiger partial charge in [0.05, 0.1) is 0 Å². The first-order valence-corrected chi connectivity index (χ1v) is 7.63. The molecule has 3 rings (SSSR count). The summed E-state index contributed by atoms with van der Waals surface area (Å²) >= 11 is 5.97. The normalized spacial score (nSPS) is 18.7. The van der Waals surface area contributed by atoms with E-state index in [1.165, 1.54) is 0 Å². The molecule has 1 atom stereocenters. The van der Waals surface area contributed by atoms with Gasteiger partial charge in [0, 0.05) is 35.6 Å². The molecule has 1 fully saturated rings. The maximum absolute atomic E-state index is 12.5. The van der Waals surface area contributed by atoms with Crippen LogP contribution in [0.2, 0.25) is 5.02 Å². The van der Waals surface area contributed by atoms with E-state index >= 15 is 0 Å². The van der Waals surface area contributed by atoms with E-state index in [4.69, 9.17) is 11.6 Å². The van der Waals surface area contributed by atoms with Gasteiger partial charge >= 0.3 is 0 Å². The molecule has 2 heterocycles. The number of benzene rings is 1. The van der Waals surface area contributed by atoms with Crippen LogP contribution < -0.4 is 0 Å². The first-order valence-electron chi connectivity index (χ1n) is 7.25. The van der Waals surface area contributed by atoms with Crippen LogP contribution in [0.3, 0.4) is 0 Å². The van der Waals surface area contributed by atoms with Crippen LogP contribution in [0.25, 0.3) is 0 Å². The second kappa shape index (κ2) is 6.31. The third-order valence-electron chi connectivity index (χ3n) is 3.94. The topological polar surface area (TPSA) is 49.0 Å². The van der Waals surface area contributed by atoms with Crippen LogP contribution in [-0.2, 0) is 6.42 Å². The first-order chi connectivity index (χ1) is 10.2. The van der Waals surface area contributed by atoms with E-state index in [-0.39, 0.29) is 5.91 Å². The molecular weight excluding hydrogens is 286 g/mol. The molecular formula is C16H18ClN3O. The highest BCUT2D eigenvalue weighted by atomic mass is 35.5. The molecule has 4 nitrogen and oxygen atoms in total. The van der Waals surface area contributed by atoms with Crippen LogP contribution in [0.1, 0.15) is 28.9 Å². The van der Waals surface area contributed by atoms with Gasteiger partial charge in [-0.2, -0.15) is 5.10 Å². The number of carbonyl (C=O) groups is 1. The van der Waals surface area contributed by atoms with E-state index in [0.29, 0.717) is 16.5 Å². The van der Waals surface area contributed by atoms with Crippen molar-refractivity contribution in [1.82, 2.24) is 15.1 Å². The predicted octanol–water partition coefficient (Wildman–Crippen LogP) is 3.16. The minimum Gasteiger partial charge on any atom is -0.338 e. The van der Waals surface area contributed by atoms with E-state index in [0.717, 1.165) is 38.0 Å². The van der Waals surface area contributed by atoms with Gasteiger partial charge in [0.25, 0.3) is 5.91 Å². The molecule has 2 aromatic rings. The van der Waals surface area contributed by atoms with E-state index in [2.05, 4.69) is 10.2 Å². The third kappa shape index (κ3) is 3.45. The van der Waals surface area contributed by atoms with Crippen molar-refractivity contribution in [3.63, 3.8) is 0 Å².